The molecule has 1 rings (SSSR count). The number of aliphatic hydroxyl groups is 1. The van der Waals surface area contributed by atoms with Gasteiger partial charge in [-0.2, -0.15) is 0 Å². The van der Waals surface area contributed by atoms with Gasteiger partial charge in [0, 0.05) is 31.9 Å². The van der Waals surface area contributed by atoms with Crippen molar-refractivity contribution in [2.75, 3.05) is 26.2 Å². The van der Waals surface area contributed by atoms with Crippen LogP contribution in [0.2, 0.25) is 0 Å². The highest BCUT2D eigenvalue weighted by Gasteiger charge is 2.13. The second kappa shape index (κ2) is 24.6. The quantitative estimate of drug-likeness (QED) is 0.0920. The van der Waals surface area contributed by atoms with E-state index in [0.29, 0.717) is 18.9 Å². The molecule has 1 aromatic heterocycles. The summed E-state index contributed by atoms with van der Waals surface area (Å²) in [5.74, 6) is 0.507. The van der Waals surface area contributed by atoms with Gasteiger partial charge >= 0.3 is 5.97 Å². The zero-order chi connectivity index (χ0) is 27.7. The monoisotopic (exact) mass is 535 g/mol. The summed E-state index contributed by atoms with van der Waals surface area (Å²) in [6, 6.07) is 0. The Hall–Kier alpha value is -1.40. The van der Waals surface area contributed by atoms with E-state index in [2.05, 4.69) is 28.3 Å². The lowest BCUT2D eigenvalue weighted by atomic mass is 9.95. The largest absolute Gasteiger partial charge is 0.465 e. The molecular weight excluding hydrogens is 474 g/mol. The molecule has 0 amide bonds. The summed E-state index contributed by atoms with van der Waals surface area (Å²) in [5.41, 5.74) is 0. The molecule has 0 saturated carbocycles. The third-order valence-corrected chi connectivity index (χ3v) is 7.66. The highest BCUT2D eigenvalue weighted by molar-refractivity contribution is 5.69. The molecule has 0 aliphatic heterocycles. The topological polar surface area (TPSA) is 67.6 Å². The minimum Gasteiger partial charge on any atom is -0.465 e. The summed E-state index contributed by atoms with van der Waals surface area (Å²) in [6.07, 6.45) is 26.1. The smallest absolute Gasteiger partial charge is 0.305 e. The van der Waals surface area contributed by atoms with Crippen LogP contribution in [0.3, 0.4) is 0 Å². The van der Waals surface area contributed by atoms with E-state index in [9.17, 15) is 9.90 Å². The predicted molar refractivity (Wildman–Crippen MR) is 159 cm³/mol. The molecule has 38 heavy (non-hydrogen) atoms. The number of aryl methyl sites for hydroxylation is 1. The minimum atomic E-state index is -0.274. The lowest BCUT2D eigenvalue weighted by Gasteiger charge is -2.24. The Bertz CT molecular complexity index is 638. The van der Waals surface area contributed by atoms with Gasteiger partial charge in [-0.3, -0.25) is 4.79 Å². The number of esters is 1. The first-order chi connectivity index (χ1) is 18.6. The first kappa shape index (κ1) is 34.6. The number of hydrogen-bond acceptors (Lipinski definition) is 5. The number of nitrogens with zero attached hydrogens (tertiary/aromatic N) is 3. The van der Waals surface area contributed by atoms with Crippen molar-refractivity contribution >= 4 is 5.97 Å². The Labute approximate surface area is 234 Å². The van der Waals surface area contributed by atoms with Gasteiger partial charge in [0.05, 0.1) is 19.0 Å². The summed E-state index contributed by atoms with van der Waals surface area (Å²) < 4.78 is 7.85. The number of hydrogen-bond donors (Lipinski definition) is 1. The van der Waals surface area contributed by atoms with E-state index in [4.69, 9.17) is 4.74 Å². The molecular formula is C32H61N3O3. The zero-order valence-corrected chi connectivity index (χ0v) is 25.3. The van der Waals surface area contributed by atoms with Crippen LogP contribution in [0.15, 0.2) is 18.7 Å². The van der Waals surface area contributed by atoms with Crippen molar-refractivity contribution in [1.29, 1.82) is 0 Å². The number of aromatic nitrogens is 2. The number of aliphatic hydroxyl groups excluding tert-OH is 1. The van der Waals surface area contributed by atoms with Crippen LogP contribution in [-0.2, 0) is 16.1 Å². The molecule has 0 spiro atoms. The number of ether oxygens (including phenoxy) is 1. The second-order valence-corrected chi connectivity index (χ2v) is 11.3. The van der Waals surface area contributed by atoms with Gasteiger partial charge in [0.2, 0.25) is 0 Å². The lowest BCUT2D eigenvalue weighted by molar-refractivity contribution is -0.145. The summed E-state index contributed by atoms with van der Waals surface area (Å²) in [5, 5.41) is 10.2. The molecule has 222 valence electrons. The van der Waals surface area contributed by atoms with E-state index in [1.807, 2.05) is 25.6 Å². The van der Waals surface area contributed by atoms with Crippen molar-refractivity contribution < 1.29 is 14.6 Å². The van der Waals surface area contributed by atoms with E-state index in [1.54, 1.807) is 0 Å². The fraction of sp³-hybridized carbons (Fsp3) is 0.875. The van der Waals surface area contributed by atoms with Gasteiger partial charge in [0.15, 0.2) is 0 Å². The molecule has 0 saturated heterocycles. The van der Waals surface area contributed by atoms with Crippen LogP contribution < -0.4 is 0 Å². The summed E-state index contributed by atoms with van der Waals surface area (Å²) in [4.78, 5) is 18.9. The van der Waals surface area contributed by atoms with Gasteiger partial charge in [0.1, 0.15) is 0 Å². The molecule has 6 nitrogen and oxygen atoms in total. The Morgan fingerprint density at radius 2 is 1.50 bits per heavy atom. The van der Waals surface area contributed by atoms with Crippen LogP contribution in [0.25, 0.3) is 0 Å². The van der Waals surface area contributed by atoms with Crippen LogP contribution in [0, 0.1) is 5.92 Å². The summed E-state index contributed by atoms with van der Waals surface area (Å²) in [6.45, 7) is 10.8. The van der Waals surface area contributed by atoms with E-state index in [0.717, 1.165) is 58.3 Å². The van der Waals surface area contributed by atoms with E-state index >= 15 is 0 Å². The van der Waals surface area contributed by atoms with Gasteiger partial charge in [-0.15, -0.1) is 0 Å². The first-order valence-electron chi connectivity index (χ1n) is 16.1. The Morgan fingerprint density at radius 1 is 0.868 bits per heavy atom. The second-order valence-electron chi connectivity index (χ2n) is 11.3. The first-order valence-corrected chi connectivity index (χ1v) is 16.1. The Morgan fingerprint density at radius 3 is 2.16 bits per heavy atom. The normalized spacial score (nSPS) is 13.2. The summed E-state index contributed by atoms with van der Waals surface area (Å²) >= 11 is 0. The maximum Gasteiger partial charge on any atom is 0.305 e. The number of carbonyl (C=O) groups is 1. The molecule has 6 heteroatoms. The van der Waals surface area contributed by atoms with Crippen LogP contribution in [0.1, 0.15) is 136 Å². The van der Waals surface area contributed by atoms with Crippen LogP contribution in [-0.4, -0.2) is 57.9 Å². The molecule has 1 N–H and O–H groups in total. The molecule has 0 aliphatic carbocycles. The van der Waals surface area contributed by atoms with Crippen LogP contribution in [0.4, 0.5) is 0 Å². The molecule has 1 heterocycles. The van der Waals surface area contributed by atoms with Crippen molar-refractivity contribution in [3.05, 3.63) is 18.7 Å². The van der Waals surface area contributed by atoms with Crippen LogP contribution >= 0.6 is 0 Å². The highest BCUT2D eigenvalue weighted by Crippen LogP contribution is 2.20. The molecule has 1 aromatic rings. The predicted octanol–water partition coefficient (Wildman–Crippen LogP) is 7.79. The third kappa shape index (κ3) is 19.6. The van der Waals surface area contributed by atoms with E-state index in [-0.39, 0.29) is 12.1 Å². The lowest BCUT2D eigenvalue weighted by Crippen LogP contribution is -2.34. The molecule has 2 unspecified atom stereocenters. The average molecular weight is 536 g/mol. The fourth-order valence-electron chi connectivity index (χ4n) is 5.07. The van der Waals surface area contributed by atoms with E-state index in [1.165, 1.54) is 77.0 Å². The molecule has 0 radical (unpaired) electrons. The van der Waals surface area contributed by atoms with Gasteiger partial charge < -0.3 is 19.3 Å². The molecule has 0 aromatic carbocycles. The Balaban J connectivity index is 2.25. The Kier molecular flexibility index (Phi) is 22.4. The van der Waals surface area contributed by atoms with E-state index < -0.39 is 0 Å². The van der Waals surface area contributed by atoms with Gasteiger partial charge in [-0.1, -0.05) is 91.4 Å². The van der Waals surface area contributed by atoms with Crippen LogP contribution in [0.5, 0.6) is 0 Å². The number of rotatable bonds is 27. The van der Waals surface area contributed by atoms with Gasteiger partial charge in [-0.25, -0.2) is 4.98 Å². The van der Waals surface area contributed by atoms with Gasteiger partial charge in [0.25, 0.3) is 0 Å². The average Bonchev–Trinajstić information content (AvgIpc) is 3.44. The molecule has 0 fully saturated rings. The molecule has 0 bridgehead atoms. The van der Waals surface area contributed by atoms with Crippen molar-refractivity contribution in [3.8, 4) is 0 Å². The number of carbonyl (C=O) groups excluding carboxylic acids is 1. The third-order valence-electron chi connectivity index (χ3n) is 7.66. The number of imidazole rings is 1. The van der Waals surface area contributed by atoms with Crippen molar-refractivity contribution in [1.82, 2.24) is 14.5 Å². The maximum atomic E-state index is 12.4. The van der Waals surface area contributed by atoms with Gasteiger partial charge in [-0.05, 0) is 57.5 Å². The minimum absolute atomic E-state index is 0.0231. The fourth-order valence-corrected chi connectivity index (χ4v) is 5.07. The SMILES string of the molecule is CCCCCCCCC(CCCCCC)COC(=O)CCCCCN(CCCn1ccnc1)CC(O)CC. The standard InChI is InChI=1S/C32H61N3O3/c1-4-7-9-11-12-15-20-30(19-14-10-8-5-2)28-38-32(37)21-16-13-17-23-34(27-31(36)6-3)24-18-25-35-26-22-33-29-35/h22,26,29-31,36H,4-21,23-25,27-28H2,1-3H3. The highest BCUT2D eigenvalue weighted by atomic mass is 16.5. The zero-order valence-electron chi connectivity index (χ0n) is 25.3. The van der Waals surface area contributed by atoms with Crippen molar-refractivity contribution in [2.24, 2.45) is 5.92 Å². The maximum absolute atomic E-state index is 12.4. The number of unbranched alkanes of at least 4 members (excludes halogenated alkanes) is 10. The molecule has 0 aliphatic rings. The molecule has 2 atom stereocenters. The summed E-state index contributed by atoms with van der Waals surface area (Å²) in [7, 11) is 0. The van der Waals surface area contributed by atoms with Crippen molar-refractivity contribution in [3.63, 3.8) is 0 Å². The van der Waals surface area contributed by atoms with Crippen molar-refractivity contribution in [2.45, 2.75) is 149 Å².